The van der Waals surface area contributed by atoms with E-state index < -0.39 is 17.1 Å². The number of aliphatic hydroxyl groups excluding tert-OH is 2. The fourth-order valence-electron chi connectivity index (χ4n) is 8.70. The van der Waals surface area contributed by atoms with Crippen LogP contribution in [0.1, 0.15) is 79.1 Å². The van der Waals surface area contributed by atoms with Crippen molar-refractivity contribution in [3.8, 4) is 0 Å². The maximum Gasteiger partial charge on any atom is 0.302 e. The Morgan fingerprint density at radius 1 is 1.03 bits per heavy atom. The van der Waals surface area contributed by atoms with Gasteiger partial charge in [-0.1, -0.05) is 13.8 Å². The first kappa shape index (κ1) is 24.0. The second-order valence-corrected chi connectivity index (χ2v) is 11.5. The van der Waals surface area contributed by atoms with E-state index in [1.54, 1.807) is 0 Å². The zero-order valence-corrected chi connectivity index (χ0v) is 19.9. The molecule has 0 bridgehead atoms. The van der Waals surface area contributed by atoms with Crippen molar-refractivity contribution in [3.05, 3.63) is 0 Å². The van der Waals surface area contributed by atoms with E-state index >= 15 is 0 Å². The third kappa shape index (κ3) is 3.50. The normalized spacial score (nSPS) is 48.7. The monoisotopic (exact) mass is 452 g/mol. The lowest BCUT2D eigenvalue weighted by Crippen LogP contribution is -2.67. The standard InChI is InChI=1S/C25H40O7/c1-14(27)31-17-7-9-23(3)16(11-17)5-6-19-22(23)21(32-15(2)28)12-24(4)18(20(29)13-26)8-10-25(19,24)30/h16-22,26,29-30H,5-13H2,1-4H3/t16-,17+,18-,19-,20?,21-,22-,23+,24-,25+/m1/s1. The summed E-state index contributed by atoms with van der Waals surface area (Å²) >= 11 is 0. The molecule has 4 saturated carbocycles. The highest BCUT2D eigenvalue weighted by atomic mass is 16.5. The first-order valence-corrected chi connectivity index (χ1v) is 12.3. The van der Waals surface area contributed by atoms with Gasteiger partial charge in [-0.25, -0.2) is 0 Å². The molecule has 0 aromatic carbocycles. The van der Waals surface area contributed by atoms with Crippen LogP contribution in [0.5, 0.6) is 0 Å². The predicted octanol–water partition coefficient (Wildman–Crippen LogP) is 2.59. The van der Waals surface area contributed by atoms with E-state index in [1.807, 2.05) is 6.92 Å². The Labute approximate surface area is 190 Å². The van der Waals surface area contributed by atoms with Gasteiger partial charge in [0.1, 0.15) is 12.2 Å². The van der Waals surface area contributed by atoms with Crippen molar-refractivity contribution in [2.45, 2.75) is 103 Å². The number of fused-ring (bicyclic) bond motifs is 5. The second-order valence-electron chi connectivity index (χ2n) is 11.5. The zero-order chi connectivity index (χ0) is 23.5. The number of rotatable bonds is 4. The lowest BCUT2D eigenvalue weighted by molar-refractivity contribution is -0.254. The number of carbonyl (C=O) groups is 2. The summed E-state index contributed by atoms with van der Waals surface area (Å²) in [5.41, 5.74) is -1.71. The molecule has 0 aliphatic heterocycles. The summed E-state index contributed by atoms with van der Waals surface area (Å²) in [4.78, 5) is 23.7. The summed E-state index contributed by atoms with van der Waals surface area (Å²) in [5, 5.41) is 32.4. The maximum absolute atomic E-state index is 12.2. The minimum absolute atomic E-state index is 0.0199. The van der Waals surface area contributed by atoms with Crippen molar-refractivity contribution in [1.29, 1.82) is 0 Å². The molecule has 0 amide bonds. The lowest BCUT2D eigenvalue weighted by atomic mass is 9.42. The number of carbonyl (C=O) groups excluding carboxylic acids is 2. The Balaban J connectivity index is 1.70. The minimum Gasteiger partial charge on any atom is -0.463 e. The molecule has 0 spiro atoms. The maximum atomic E-state index is 12.2. The fraction of sp³-hybridized carbons (Fsp3) is 0.920. The van der Waals surface area contributed by atoms with Gasteiger partial charge in [0, 0.05) is 25.2 Å². The summed E-state index contributed by atoms with van der Waals surface area (Å²) in [6.07, 6.45) is 4.65. The Bertz CT molecular complexity index is 755. The average Bonchev–Trinajstić information content (AvgIpc) is 2.98. The van der Waals surface area contributed by atoms with Crippen LogP contribution in [0.2, 0.25) is 0 Å². The van der Waals surface area contributed by atoms with Crippen molar-refractivity contribution in [2.75, 3.05) is 6.61 Å². The van der Waals surface area contributed by atoms with Gasteiger partial charge in [-0.2, -0.15) is 0 Å². The van der Waals surface area contributed by atoms with E-state index in [4.69, 9.17) is 9.47 Å². The first-order chi connectivity index (χ1) is 15.0. The molecule has 10 atom stereocenters. The molecule has 0 heterocycles. The third-order valence-corrected chi connectivity index (χ3v) is 10.1. The van der Waals surface area contributed by atoms with Gasteiger partial charge in [0.25, 0.3) is 0 Å². The van der Waals surface area contributed by atoms with E-state index in [2.05, 4.69) is 6.92 Å². The molecular weight excluding hydrogens is 412 g/mol. The molecule has 0 saturated heterocycles. The minimum atomic E-state index is -0.962. The zero-order valence-electron chi connectivity index (χ0n) is 19.9. The Morgan fingerprint density at radius 3 is 2.34 bits per heavy atom. The third-order valence-electron chi connectivity index (χ3n) is 10.1. The number of esters is 2. The van der Waals surface area contributed by atoms with Crippen LogP contribution in [0.3, 0.4) is 0 Å². The van der Waals surface area contributed by atoms with E-state index in [0.29, 0.717) is 25.2 Å². The molecule has 4 fully saturated rings. The van der Waals surface area contributed by atoms with Crippen LogP contribution in [0, 0.1) is 34.5 Å². The number of hydrogen-bond donors (Lipinski definition) is 3. The molecular formula is C25H40O7. The highest BCUT2D eigenvalue weighted by Gasteiger charge is 2.71. The van der Waals surface area contributed by atoms with Crippen LogP contribution in [-0.2, 0) is 19.1 Å². The van der Waals surface area contributed by atoms with Crippen LogP contribution in [0.15, 0.2) is 0 Å². The van der Waals surface area contributed by atoms with Crippen LogP contribution >= 0.6 is 0 Å². The molecule has 4 rings (SSSR count). The molecule has 0 radical (unpaired) electrons. The quantitative estimate of drug-likeness (QED) is 0.562. The molecule has 32 heavy (non-hydrogen) atoms. The predicted molar refractivity (Wildman–Crippen MR) is 116 cm³/mol. The molecule has 4 aliphatic rings. The number of aliphatic hydroxyl groups is 3. The SMILES string of the molecule is CC(=O)O[C@H]1CC[C@@]2(C)[C@H](CC[C@@H]3[C@@H]2[C@H](OC(C)=O)C[C@]2(C)[C@@H](C(O)CO)CC[C@]32O)C1. The Hall–Kier alpha value is -1.18. The highest BCUT2D eigenvalue weighted by Crippen LogP contribution is 2.69. The Kier molecular flexibility index (Phi) is 6.17. The van der Waals surface area contributed by atoms with Gasteiger partial charge in [0.15, 0.2) is 0 Å². The molecule has 3 N–H and O–H groups in total. The number of hydrogen-bond acceptors (Lipinski definition) is 7. The molecule has 1 unspecified atom stereocenters. The highest BCUT2D eigenvalue weighted by molar-refractivity contribution is 5.66. The first-order valence-electron chi connectivity index (χ1n) is 12.3. The molecule has 4 aliphatic carbocycles. The van der Waals surface area contributed by atoms with Crippen molar-refractivity contribution in [1.82, 2.24) is 0 Å². The van der Waals surface area contributed by atoms with Gasteiger partial charge in [0.2, 0.25) is 0 Å². The van der Waals surface area contributed by atoms with E-state index in [1.165, 1.54) is 13.8 Å². The van der Waals surface area contributed by atoms with Gasteiger partial charge >= 0.3 is 11.9 Å². The number of ether oxygens (including phenoxy) is 2. The van der Waals surface area contributed by atoms with Crippen molar-refractivity contribution < 1.29 is 34.4 Å². The summed E-state index contributed by atoms with van der Waals surface area (Å²) in [7, 11) is 0. The largest absolute Gasteiger partial charge is 0.463 e. The van der Waals surface area contributed by atoms with Crippen molar-refractivity contribution in [3.63, 3.8) is 0 Å². The molecule has 7 heteroatoms. The second kappa shape index (κ2) is 8.24. The average molecular weight is 453 g/mol. The van der Waals surface area contributed by atoms with Gasteiger partial charge in [-0.15, -0.1) is 0 Å². The Morgan fingerprint density at radius 2 is 1.72 bits per heavy atom. The summed E-state index contributed by atoms with van der Waals surface area (Å²) in [6.45, 7) is 6.85. The lowest BCUT2D eigenvalue weighted by Gasteiger charge is -2.65. The summed E-state index contributed by atoms with van der Waals surface area (Å²) < 4.78 is 11.5. The van der Waals surface area contributed by atoms with Crippen LogP contribution < -0.4 is 0 Å². The molecule has 182 valence electrons. The van der Waals surface area contributed by atoms with Gasteiger partial charge < -0.3 is 24.8 Å². The topological polar surface area (TPSA) is 113 Å². The smallest absolute Gasteiger partial charge is 0.302 e. The molecule has 0 aromatic rings. The van der Waals surface area contributed by atoms with Crippen molar-refractivity contribution in [2.24, 2.45) is 34.5 Å². The van der Waals surface area contributed by atoms with E-state index in [-0.39, 0.29) is 53.9 Å². The van der Waals surface area contributed by atoms with Crippen LogP contribution in [0.25, 0.3) is 0 Å². The summed E-state index contributed by atoms with van der Waals surface area (Å²) in [6, 6.07) is 0. The van der Waals surface area contributed by atoms with Crippen LogP contribution in [0.4, 0.5) is 0 Å². The molecule has 0 aromatic heterocycles. The van der Waals surface area contributed by atoms with Crippen LogP contribution in [-0.4, -0.2) is 57.8 Å². The van der Waals surface area contributed by atoms with Gasteiger partial charge in [0.05, 0.1) is 18.3 Å². The van der Waals surface area contributed by atoms with Gasteiger partial charge in [-0.3, -0.25) is 9.59 Å². The van der Waals surface area contributed by atoms with E-state index in [9.17, 15) is 24.9 Å². The summed E-state index contributed by atoms with van der Waals surface area (Å²) in [5.74, 6) is -0.471. The fourth-order valence-corrected chi connectivity index (χ4v) is 8.70. The van der Waals surface area contributed by atoms with Gasteiger partial charge in [-0.05, 0) is 74.5 Å². The van der Waals surface area contributed by atoms with Crippen molar-refractivity contribution >= 4 is 11.9 Å². The van der Waals surface area contributed by atoms with E-state index in [0.717, 1.165) is 32.1 Å². The molecule has 7 nitrogen and oxygen atoms in total.